The lowest BCUT2D eigenvalue weighted by atomic mass is 9.91. The molecule has 0 bridgehead atoms. The van der Waals surface area contributed by atoms with Gasteiger partial charge < -0.3 is 30.8 Å². The molecule has 0 fully saturated rings. The van der Waals surface area contributed by atoms with E-state index in [9.17, 15) is 24.3 Å². The van der Waals surface area contributed by atoms with E-state index >= 15 is 0 Å². The Morgan fingerprint density at radius 1 is 0.896 bits per heavy atom. The Balaban J connectivity index is 1.56. The maximum absolute atomic E-state index is 14.1. The number of aliphatic hydroxyl groups excluding tert-OH is 1. The Morgan fingerprint density at radius 2 is 1.62 bits per heavy atom. The summed E-state index contributed by atoms with van der Waals surface area (Å²) in [5.74, 6) is -3.00. The van der Waals surface area contributed by atoms with Crippen LogP contribution in [0.2, 0.25) is 0 Å². The van der Waals surface area contributed by atoms with Crippen LogP contribution in [0, 0.1) is 11.8 Å². The molecule has 3 aromatic carbocycles. The largest absolute Gasteiger partial charge is 0.467 e. The lowest BCUT2D eigenvalue weighted by Gasteiger charge is -2.27. The second kappa shape index (κ2) is 17.8. The number of hydrogen-bond acceptors (Lipinski definition) is 7. The number of carbonyl (C=O) groups excluding carboxylic acids is 4. The lowest BCUT2D eigenvalue weighted by Crippen LogP contribution is -2.56. The minimum absolute atomic E-state index is 0.0285. The molecule has 5 N–H and O–H groups in total. The van der Waals surface area contributed by atoms with Crippen LogP contribution in [0.3, 0.4) is 0 Å². The van der Waals surface area contributed by atoms with Crippen LogP contribution in [0.1, 0.15) is 43.5 Å². The molecule has 0 spiro atoms. The van der Waals surface area contributed by atoms with Gasteiger partial charge in [0.1, 0.15) is 6.04 Å². The number of fused-ring (bicyclic) bond motifs is 1. The van der Waals surface area contributed by atoms with E-state index in [1.807, 2.05) is 86.6 Å². The number of nitrogens with zero attached hydrogens (tertiary/aromatic N) is 1. The van der Waals surface area contributed by atoms with Crippen LogP contribution in [0.25, 0.3) is 10.8 Å². The molecule has 254 valence electrons. The highest BCUT2D eigenvalue weighted by molar-refractivity contribution is 5.92. The van der Waals surface area contributed by atoms with Crippen molar-refractivity contribution in [3.05, 3.63) is 102 Å². The fourth-order valence-electron chi connectivity index (χ4n) is 5.74. The van der Waals surface area contributed by atoms with Crippen LogP contribution in [0.15, 0.2) is 85.3 Å². The summed E-state index contributed by atoms with van der Waals surface area (Å²) < 4.78 is 4.71. The van der Waals surface area contributed by atoms with Gasteiger partial charge in [0.05, 0.1) is 25.4 Å². The normalized spacial score (nSPS) is 13.7. The van der Waals surface area contributed by atoms with Gasteiger partial charge in [0.15, 0.2) is 6.10 Å². The van der Waals surface area contributed by atoms with Gasteiger partial charge in [0, 0.05) is 31.3 Å². The summed E-state index contributed by atoms with van der Waals surface area (Å²) in [5, 5.41) is 21.2. The Bertz CT molecular complexity index is 1640. The molecule has 3 unspecified atom stereocenters. The van der Waals surface area contributed by atoms with Crippen molar-refractivity contribution in [2.75, 3.05) is 13.7 Å². The zero-order valence-electron chi connectivity index (χ0n) is 27.6. The molecule has 4 aromatic rings. The van der Waals surface area contributed by atoms with Gasteiger partial charge >= 0.3 is 5.97 Å². The molecular formula is C37H45N5O6. The molecule has 0 aliphatic heterocycles. The first-order valence-electron chi connectivity index (χ1n) is 16.3. The molecule has 0 aliphatic carbocycles. The second-order valence-corrected chi connectivity index (χ2v) is 12.4. The Labute approximate surface area is 280 Å². The van der Waals surface area contributed by atoms with E-state index in [0.717, 1.165) is 29.0 Å². The van der Waals surface area contributed by atoms with E-state index in [1.54, 1.807) is 6.20 Å². The first-order valence-corrected chi connectivity index (χ1v) is 16.3. The van der Waals surface area contributed by atoms with Crippen LogP contribution in [-0.4, -0.2) is 70.6 Å². The number of aromatic nitrogens is 2. The van der Waals surface area contributed by atoms with Gasteiger partial charge in [0.2, 0.25) is 17.7 Å². The van der Waals surface area contributed by atoms with Crippen LogP contribution in [-0.2, 0) is 43.2 Å². The number of rotatable bonds is 17. The maximum Gasteiger partial charge on any atom is 0.336 e. The van der Waals surface area contributed by atoms with Crippen LogP contribution < -0.4 is 16.0 Å². The molecule has 0 radical (unpaired) electrons. The highest BCUT2D eigenvalue weighted by atomic mass is 16.5. The van der Waals surface area contributed by atoms with Crippen molar-refractivity contribution in [1.29, 1.82) is 0 Å². The molecule has 0 saturated heterocycles. The topological polar surface area (TPSA) is 163 Å². The standard InChI is InChI=1S/C37H45N5O6/c1-24(2)18-31(34(44)37(47)48-3)41-36(46)32(21-29-22-38-23-40-29)42-35(45)28(19-27-14-9-13-26-12-7-8-15-30(26)27)20-33(43)39-17-16-25-10-5-4-6-11-25/h4-15,22-24,28,31-32,34,44H,16-21H2,1-3H3,(H,38,40)(H,39,43)(H,41,46)(H,42,45)/t28?,31-,32?,34?/m0/s1. The molecule has 11 heteroatoms. The number of H-pyrrole nitrogens is 1. The smallest absolute Gasteiger partial charge is 0.336 e. The Morgan fingerprint density at radius 3 is 2.33 bits per heavy atom. The number of carbonyl (C=O) groups is 4. The van der Waals surface area contributed by atoms with Gasteiger partial charge in [-0.15, -0.1) is 0 Å². The number of hydrogen-bond donors (Lipinski definition) is 5. The number of nitrogens with one attached hydrogen (secondary N) is 4. The van der Waals surface area contributed by atoms with Gasteiger partial charge in [-0.05, 0) is 47.1 Å². The highest BCUT2D eigenvalue weighted by Gasteiger charge is 2.33. The number of esters is 1. The molecule has 0 aliphatic rings. The molecule has 4 rings (SSSR count). The number of imidazole rings is 1. The van der Waals surface area contributed by atoms with Gasteiger partial charge in [-0.2, -0.15) is 0 Å². The number of amides is 3. The van der Waals surface area contributed by atoms with Crippen LogP contribution >= 0.6 is 0 Å². The van der Waals surface area contributed by atoms with E-state index in [-0.39, 0.29) is 31.1 Å². The number of benzene rings is 3. The minimum Gasteiger partial charge on any atom is -0.467 e. The first kappa shape index (κ1) is 35.8. The van der Waals surface area contributed by atoms with Crippen LogP contribution in [0.5, 0.6) is 0 Å². The number of aromatic amines is 1. The van der Waals surface area contributed by atoms with Gasteiger partial charge in [0.25, 0.3) is 0 Å². The van der Waals surface area contributed by atoms with Crippen molar-refractivity contribution < 1.29 is 29.0 Å². The number of methoxy groups -OCH3 is 1. The number of aliphatic hydroxyl groups is 1. The predicted molar refractivity (Wildman–Crippen MR) is 183 cm³/mol. The molecule has 3 amide bonds. The summed E-state index contributed by atoms with van der Waals surface area (Å²) in [5.41, 5.74) is 2.58. The summed E-state index contributed by atoms with van der Waals surface area (Å²) in [6.07, 6.45) is 2.59. The van der Waals surface area contributed by atoms with E-state index in [1.165, 1.54) is 6.33 Å². The van der Waals surface area contributed by atoms with Gasteiger partial charge in [-0.3, -0.25) is 14.4 Å². The Kier molecular flexibility index (Phi) is 13.3. The number of ether oxygens (including phenoxy) is 1. The quantitative estimate of drug-likeness (QED) is 0.109. The van der Waals surface area contributed by atoms with E-state index in [4.69, 9.17) is 4.74 Å². The highest BCUT2D eigenvalue weighted by Crippen LogP contribution is 2.23. The van der Waals surface area contributed by atoms with Crippen molar-refractivity contribution in [2.24, 2.45) is 11.8 Å². The summed E-state index contributed by atoms with van der Waals surface area (Å²) in [7, 11) is 1.16. The predicted octanol–water partition coefficient (Wildman–Crippen LogP) is 3.26. The lowest BCUT2D eigenvalue weighted by molar-refractivity contribution is -0.152. The Hall–Kier alpha value is -5.03. The molecule has 0 saturated carbocycles. The molecule has 4 atom stereocenters. The van der Waals surface area contributed by atoms with Gasteiger partial charge in [-0.25, -0.2) is 9.78 Å². The monoisotopic (exact) mass is 655 g/mol. The van der Waals surface area contributed by atoms with Crippen molar-refractivity contribution in [3.63, 3.8) is 0 Å². The minimum atomic E-state index is -1.59. The first-order chi connectivity index (χ1) is 23.1. The van der Waals surface area contributed by atoms with E-state index < -0.39 is 41.9 Å². The summed E-state index contributed by atoms with van der Waals surface area (Å²) in [6.45, 7) is 4.21. The van der Waals surface area contributed by atoms with Crippen LogP contribution in [0.4, 0.5) is 0 Å². The zero-order chi connectivity index (χ0) is 34.5. The molecule has 11 nitrogen and oxygen atoms in total. The zero-order valence-corrected chi connectivity index (χ0v) is 27.6. The summed E-state index contributed by atoms with van der Waals surface area (Å²) >= 11 is 0. The van der Waals surface area contributed by atoms with E-state index in [2.05, 4.69) is 25.9 Å². The second-order valence-electron chi connectivity index (χ2n) is 12.4. The molecular weight excluding hydrogens is 610 g/mol. The van der Waals surface area contributed by atoms with Crippen molar-refractivity contribution in [3.8, 4) is 0 Å². The summed E-state index contributed by atoms with van der Waals surface area (Å²) in [4.78, 5) is 60.3. The SMILES string of the molecule is COC(=O)C(O)[C@H](CC(C)C)NC(=O)C(Cc1cnc[nH]1)NC(=O)C(CC(=O)NCCc1ccccc1)Cc1cccc2ccccc12. The summed E-state index contributed by atoms with van der Waals surface area (Å²) in [6, 6.07) is 21.4. The van der Waals surface area contributed by atoms with Crippen molar-refractivity contribution >= 4 is 34.5 Å². The third kappa shape index (κ3) is 10.5. The van der Waals surface area contributed by atoms with E-state index in [0.29, 0.717) is 25.1 Å². The fraction of sp³-hybridized carbons (Fsp3) is 0.378. The average molecular weight is 656 g/mol. The third-order valence-electron chi connectivity index (χ3n) is 8.22. The molecule has 1 aromatic heterocycles. The fourth-order valence-corrected chi connectivity index (χ4v) is 5.74. The van der Waals surface area contributed by atoms with Crippen molar-refractivity contribution in [1.82, 2.24) is 25.9 Å². The maximum atomic E-state index is 14.1. The van der Waals surface area contributed by atoms with Gasteiger partial charge in [-0.1, -0.05) is 86.6 Å². The average Bonchev–Trinajstić information content (AvgIpc) is 3.60. The van der Waals surface area contributed by atoms with Crippen molar-refractivity contribution in [2.45, 2.75) is 64.1 Å². The molecule has 48 heavy (non-hydrogen) atoms. The molecule has 1 heterocycles. The third-order valence-corrected chi connectivity index (χ3v) is 8.22.